The molecule has 2 N–H and O–H groups in total. The number of piperazine rings is 1. The van der Waals surface area contributed by atoms with E-state index >= 15 is 0 Å². The molecule has 2 rings (SSSR count). The molecule has 0 spiro atoms. The number of rotatable bonds is 2. The molecule has 1 amide bonds. The molecular weight excluding hydrogens is 302 g/mol. The van der Waals surface area contributed by atoms with Crippen LogP contribution in [0.1, 0.15) is 32.1 Å². The van der Waals surface area contributed by atoms with E-state index in [0.717, 1.165) is 32.1 Å². The lowest BCUT2D eigenvalue weighted by Gasteiger charge is -2.40. The number of hydrogen-bond donors (Lipinski definition) is 1. The lowest BCUT2D eigenvalue weighted by atomic mass is 9.81. The highest BCUT2D eigenvalue weighted by Gasteiger charge is 2.39. The van der Waals surface area contributed by atoms with Crippen LogP contribution in [0.15, 0.2) is 0 Å². The van der Waals surface area contributed by atoms with E-state index in [1.165, 1.54) is 10.6 Å². The Morgan fingerprint density at radius 2 is 1.55 bits per heavy atom. The molecule has 0 aromatic heterocycles. The van der Waals surface area contributed by atoms with Gasteiger partial charge in [-0.3, -0.25) is 4.79 Å². The van der Waals surface area contributed by atoms with Crippen molar-refractivity contribution < 1.29 is 13.2 Å². The maximum Gasteiger partial charge on any atom is 0.242 e. The summed E-state index contributed by atoms with van der Waals surface area (Å²) in [6.45, 7) is 1.65. The second-order valence-electron chi connectivity index (χ2n) is 5.67. The summed E-state index contributed by atoms with van der Waals surface area (Å²) in [6.07, 6.45) is 5.86. The van der Waals surface area contributed by atoms with Crippen LogP contribution in [0.2, 0.25) is 0 Å². The summed E-state index contributed by atoms with van der Waals surface area (Å²) >= 11 is 0. The Kier molecular flexibility index (Phi) is 5.83. The summed E-state index contributed by atoms with van der Waals surface area (Å²) in [7, 11) is -3.15. The quantitative estimate of drug-likeness (QED) is 0.784. The van der Waals surface area contributed by atoms with Crippen molar-refractivity contribution in [3.63, 3.8) is 0 Å². The van der Waals surface area contributed by atoms with Gasteiger partial charge in [0.15, 0.2) is 0 Å². The molecule has 0 aromatic carbocycles. The molecule has 1 aliphatic carbocycles. The van der Waals surface area contributed by atoms with E-state index in [1.54, 1.807) is 4.90 Å². The normalized spacial score (nSPS) is 24.0. The van der Waals surface area contributed by atoms with E-state index in [1.807, 2.05) is 0 Å². The second-order valence-corrected chi connectivity index (χ2v) is 7.65. The van der Waals surface area contributed by atoms with E-state index in [2.05, 4.69) is 0 Å². The third-order valence-corrected chi connectivity index (χ3v) is 5.47. The van der Waals surface area contributed by atoms with Crippen LogP contribution >= 0.6 is 12.4 Å². The Labute approximate surface area is 127 Å². The number of nitrogens with zero attached hydrogens (tertiary/aromatic N) is 2. The minimum absolute atomic E-state index is 0. The van der Waals surface area contributed by atoms with Crippen LogP contribution in [-0.4, -0.2) is 61.5 Å². The lowest BCUT2D eigenvalue weighted by Crippen LogP contribution is -2.60. The van der Waals surface area contributed by atoms with Crippen molar-refractivity contribution in [3.8, 4) is 0 Å². The van der Waals surface area contributed by atoms with Crippen LogP contribution < -0.4 is 5.73 Å². The summed E-state index contributed by atoms with van der Waals surface area (Å²) in [5.74, 6) is 0.000325. The molecule has 0 radical (unpaired) electrons. The Morgan fingerprint density at radius 1 is 1.05 bits per heavy atom. The van der Waals surface area contributed by atoms with Crippen molar-refractivity contribution in [2.75, 3.05) is 32.4 Å². The summed E-state index contributed by atoms with van der Waals surface area (Å²) in [5.41, 5.74) is 5.51. The molecule has 2 aliphatic rings. The first-order valence-electron chi connectivity index (χ1n) is 6.86. The average molecular weight is 326 g/mol. The zero-order valence-electron chi connectivity index (χ0n) is 11.9. The smallest absolute Gasteiger partial charge is 0.242 e. The Bertz CT molecular complexity index is 441. The topological polar surface area (TPSA) is 83.7 Å². The molecule has 0 bridgehead atoms. The Hall–Kier alpha value is -0.370. The third kappa shape index (κ3) is 3.84. The molecule has 1 heterocycles. The molecule has 8 heteroatoms. The third-order valence-electron chi connectivity index (χ3n) is 4.17. The first kappa shape index (κ1) is 17.7. The number of carbonyl (C=O) groups excluding carboxylic acids is 1. The van der Waals surface area contributed by atoms with Gasteiger partial charge in [0, 0.05) is 26.2 Å². The highest BCUT2D eigenvalue weighted by atomic mass is 35.5. The summed E-state index contributed by atoms with van der Waals surface area (Å²) < 4.78 is 24.3. The Morgan fingerprint density at radius 3 is 2.00 bits per heavy atom. The van der Waals surface area contributed by atoms with Crippen LogP contribution in [-0.2, 0) is 14.8 Å². The minimum atomic E-state index is -3.15. The molecule has 2 fully saturated rings. The van der Waals surface area contributed by atoms with Crippen LogP contribution in [0.3, 0.4) is 0 Å². The Balaban J connectivity index is 0.00000200. The molecule has 0 atom stereocenters. The highest BCUT2D eigenvalue weighted by Crippen LogP contribution is 2.28. The van der Waals surface area contributed by atoms with Gasteiger partial charge in [-0.25, -0.2) is 8.42 Å². The van der Waals surface area contributed by atoms with Gasteiger partial charge >= 0.3 is 0 Å². The monoisotopic (exact) mass is 325 g/mol. The van der Waals surface area contributed by atoms with Crippen molar-refractivity contribution in [2.24, 2.45) is 5.73 Å². The summed E-state index contributed by atoms with van der Waals surface area (Å²) in [6, 6.07) is 0. The summed E-state index contributed by atoms with van der Waals surface area (Å²) in [5, 5.41) is 0. The highest BCUT2D eigenvalue weighted by molar-refractivity contribution is 7.88. The van der Waals surface area contributed by atoms with Crippen molar-refractivity contribution >= 4 is 28.3 Å². The van der Waals surface area contributed by atoms with Gasteiger partial charge in [0.2, 0.25) is 15.9 Å². The number of nitrogens with two attached hydrogens (primary N) is 1. The zero-order valence-corrected chi connectivity index (χ0v) is 13.5. The fraction of sp³-hybridized carbons (Fsp3) is 0.917. The standard InChI is InChI=1S/C12H23N3O3S.ClH/c1-19(17,18)15-9-7-14(8-10-15)11(16)12(13)5-3-2-4-6-12;/h2-10,13H2,1H3;1H. The van der Waals surface area contributed by atoms with Crippen LogP contribution in [0.25, 0.3) is 0 Å². The van der Waals surface area contributed by atoms with Gasteiger partial charge in [0.25, 0.3) is 0 Å². The van der Waals surface area contributed by atoms with Gasteiger partial charge in [0.1, 0.15) is 0 Å². The predicted octanol–water partition coefficient (Wildman–Crippen LogP) is 0.174. The molecule has 0 aromatic rings. The van der Waals surface area contributed by atoms with E-state index in [9.17, 15) is 13.2 Å². The number of sulfonamides is 1. The molecule has 0 unspecified atom stereocenters. The first-order valence-corrected chi connectivity index (χ1v) is 8.71. The first-order chi connectivity index (χ1) is 8.83. The maximum atomic E-state index is 12.5. The van der Waals surface area contributed by atoms with Crippen molar-refractivity contribution in [3.05, 3.63) is 0 Å². The second kappa shape index (κ2) is 6.60. The zero-order chi connectivity index (χ0) is 14.1. The molecule has 1 saturated heterocycles. The van der Waals surface area contributed by atoms with Crippen molar-refractivity contribution in [1.82, 2.24) is 9.21 Å². The van der Waals surface area contributed by atoms with Crippen molar-refractivity contribution in [1.29, 1.82) is 0 Å². The lowest BCUT2D eigenvalue weighted by molar-refractivity contribution is -0.139. The van der Waals surface area contributed by atoms with Crippen LogP contribution in [0.5, 0.6) is 0 Å². The van der Waals surface area contributed by atoms with E-state index in [0.29, 0.717) is 26.2 Å². The van der Waals surface area contributed by atoms with E-state index in [-0.39, 0.29) is 18.3 Å². The fourth-order valence-electron chi connectivity index (χ4n) is 2.93. The van der Waals surface area contributed by atoms with E-state index < -0.39 is 15.6 Å². The van der Waals surface area contributed by atoms with Crippen LogP contribution in [0.4, 0.5) is 0 Å². The van der Waals surface area contributed by atoms with Gasteiger partial charge in [-0.2, -0.15) is 4.31 Å². The predicted molar refractivity (Wildman–Crippen MR) is 80.2 cm³/mol. The molecule has 118 valence electrons. The number of carbonyl (C=O) groups is 1. The van der Waals surface area contributed by atoms with Crippen LogP contribution in [0, 0.1) is 0 Å². The largest absolute Gasteiger partial charge is 0.338 e. The molecule has 1 saturated carbocycles. The fourth-order valence-corrected chi connectivity index (χ4v) is 3.76. The van der Waals surface area contributed by atoms with Crippen molar-refractivity contribution in [2.45, 2.75) is 37.6 Å². The number of halogens is 1. The minimum Gasteiger partial charge on any atom is -0.338 e. The van der Waals surface area contributed by atoms with Gasteiger partial charge in [-0.05, 0) is 12.8 Å². The molecular formula is C12H24ClN3O3S. The maximum absolute atomic E-state index is 12.5. The number of amides is 1. The molecule has 6 nitrogen and oxygen atoms in total. The van der Waals surface area contributed by atoms with E-state index in [4.69, 9.17) is 5.73 Å². The summed E-state index contributed by atoms with van der Waals surface area (Å²) in [4.78, 5) is 14.2. The number of hydrogen-bond acceptors (Lipinski definition) is 4. The molecule has 20 heavy (non-hydrogen) atoms. The van der Waals surface area contributed by atoms with Gasteiger partial charge in [0.05, 0.1) is 11.8 Å². The SMILES string of the molecule is CS(=O)(=O)N1CCN(C(=O)C2(N)CCCCC2)CC1.Cl. The molecule has 1 aliphatic heterocycles. The average Bonchev–Trinajstić information content (AvgIpc) is 2.38. The van der Waals surface area contributed by atoms with Gasteiger partial charge in [-0.15, -0.1) is 12.4 Å². The van der Waals surface area contributed by atoms with Gasteiger partial charge in [-0.1, -0.05) is 19.3 Å². The van der Waals surface area contributed by atoms with Gasteiger partial charge < -0.3 is 10.6 Å².